The molecule has 1 unspecified atom stereocenters. The quantitative estimate of drug-likeness (QED) is 0.267. The molecule has 35 heavy (non-hydrogen) atoms. The van der Waals surface area contributed by atoms with Crippen molar-refractivity contribution in [3.8, 4) is 5.75 Å². The van der Waals surface area contributed by atoms with Crippen LogP contribution in [0.4, 0.5) is 0 Å². The molecule has 3 rings (SSSR count). The standard InChI is InChI=1S/C23H30N3O8P/c1-15(2)12-19(22(28)31-4)25-35(30,34-17-8-6-5-7-9-17)32-14-18-10-11-20(33-18)26-13-16(3)21(27)24-23(26)29/h5-11,13,15,18-20H,12,14H2,1-4H3,(H,25,30)(H,24,27,29)/t18-,19-,20+,35?/m0/s1. The molecule has 0 radical (unpaired) electrons. The van der Waals surface area contributed by atoms with Crippen molar-refractivity contribution in [2.45, 2.75) is 45.6 Å². The minimum absolute atomic E-state index is 0.0951. The van der Waals surface area contributed by atoms with Crippen LogP contribution in [-0.2, 0) is 23.4 Å². The number of ether oxygens (including phenoxy) is 2. The number of rotatable bonds is 11. The highest BCUT2D eigenvalue weighted by Gasteiger charge is 2.36. The number of aromatic nitrogens is 2. The number of hydrogen-bond acceptors (Lipinski definition) is 8. The van der Waals surface area contributed by atoms with Gasteiger partial charge in [0.1, 0.15) is 17.9 Å². The summed E-state index contributed by atoms with van der Waals surface area (Å²) in [6, 6.07) is 7.50. The Kier molecular flexibility index (Phi) is 8.85. The molecule has 0 spiro atoms. The molecule has 1 aliphatic heterocycles. The van der Waals surface area contributed by atoms with Gasteiger partial charge in [-0.15, -0.1) is 0 Å². The van der Waals surface area contributed by atoms with Crippen LogP contribution in [0.25, 0.3) is 0 Å². The molecule has 0 saturated carbocycles. The molecule has 2 heterocycles. The van der Waals surface area contributed by atoms with E-state index in [-0.39, 0.29) is 18.3 Å². The van der Waals surface area contributed by atoms with Gasteiger partial charge >= 0.3 is 19.4 Å². The number of para-hydroxylation sites is 1. The third kappa shape index (κ3) is 7.25. The molecule has 2 N–H and O–H groups in total. The van der Waals surface area contributed by atoms with Gasteiger partial charge in [-0.25, -0.2) is 9.36 Å². The summed E-state index contributed by atoms with van der Waals surface area (Å²) in [7, 11) is -2.82. The van der Waals surface area contributed by atoms with Crippen molar-refractivity contribution < 1.29 is 27.9 Å². The average Bonchev–Trinajstić information content (AvgIpc) is 3.28. The van der Waals surface area contributed by atoms with Crippen LogP contribution < -0.4 is 20.9 Å². The second-order valence-corrected chi connectivity index (χ2v) is 10.2. The molecular weight excluding hydrogens is 477 g/mol. The highest BCUT2D eigenvalue weighted by atomic mass is 31.2. The number of benzene rings is 1. The predicted molar refractivity (Wildman–Crippen MR) is 128 cm³/mol. The lowest BCUT2D eigenvalue weighted by molar-refractivity contribution is -0.143. The van der Waals surface area contributed by atoms with Gasteiger partial charge in [-0.05, 0) is 37.5 Å². The van der Waals surface area contributed by atoms with Gasteiger partial charge in [0.25, 0.3) is 5.56 Å². The topological polar surface area (TPSA) is 138 Å². The van der Waals surface area contributed by atoms with Crippen molar-refractivity contribution in [3.05, 3.63) is 75.1 Å². The molecule has 190 valence electrons. The highest BCUT2D eigenvalue weighted by molar-refractivity contribution is 7.52. The Morgan fingerprint density at radius 1 is 1.23 bits per heavy atom. The largest absolute Gasteiger partial charge is 0.468 e. The summed E-state index contributed by atoms with van der Waals surface area (Å²) in [5.74, 6) is -0.214. The lowest BCUT2D eigenvalue weighted by Gasteiger charge is -2.26. The van der Waals surface area contributed by atoms with Gasteiger partial charge in [0, 0.05) is 11.8 Å². The summed E-state index contributed by atoms with van der Waals surface area (Å²) in [5, 5.41) is 2.71. The minimum atomic E-state index is -4.07. The molecule has 2 aromatic rings. The fourth-order valence-corrected chi connectivity index (χ4v) is 4.92. The molecule has 0 amide bonds. The van der Waals surface area contributed by atoms with Gasteiger partial charge in [0.2, 0.25) is 0 Å². The van der Waals surface area contributed by atoms with E-state index in [1.165, 1.54) is 17.9 Å². The van der Waals surface area contributed by atoms with Crippen LogP contribution in [0.2, 0.25) is 0 Å². The Morgan fingerprint density at radius 2 is 1.94 bits per heavy atom. The maximum absolute atomic E-state index is 13.7. The second kappa shape index (κ2) is 11.6. The van der Waals surface area contributed by atoms with Gasteiger partial charge in [-0.1, -0.05) is 38.1 Å². The van der Waals surface area contributed by atoms with Crippen LogP contribution in [-0.4, -0.2) is 41.4 Å². The van der Waals surface area contributed by atoms with E-state index in [9.17, 15) is 18.9 Å². The maximum Gasteiger partial charge on any atom is 0.459 e. The predicted octanol–water partition coefficient (Wildman–Crippen LogP) is 2.68. The lowest BCUT2D eigenvalue weighted by atomic mass is 10.1. The van der Waals surface area contributed by atoms with Crippen LogP contribution in [0.3, 0.4) is 0 Å². The zero-order chi connectivity index (χ0) is 25.6. The third-order valence-electron chi connectivity index (χ3n) is 5.11. The van der Waals surface area contributed by atoms with E-state index in [2.05, 4.69) is 10.1 Å². The summed E-state index contributed by atoms with van der Waals surface area (Å²) < 4.78 is 36.9. The summed E-state index contributed by atoms with van der Waals surface area (Å²) >= 11 is 0. The summed E-state index contributed by atoms with van der Waals surface area (Å²) in [6.45, 7) is 5.21. The molecular formula is C23H30N3O8P. The first-order chi connectivity index (χ1) is 16.6. The number of aryl methyl sites for hydroxylation is 1. The number of esters is 1. The minimum Gasteiger partial charge on any atom is -0.468 e. The molecule has 12 heteroatoms. The number of methoxy groups -OCH3 is 1. The fourth-order valence-electron chi connectivity index (χ4n) is 3.40. The van der Waals surface area contributed by atoms with Gasteiger partial charge in [0.05, 0.1) is 13.7 Å². The summed E-state index contributed by atoms with van der Waals surface area (Å²) in [5.41, 5.74) is -0.740. The first kappa shape index (κ1) is 26.6. The molecule has 4 atom stereocenters. The molecule has 1 aromatic heterocycles. The van der Waals surface area contributed by atoms with Crippen molar-refractivity contribution in [1.82, 2.24) is 14.6 Å². The van der Waals surface area contributed by atoms with E-state index in [0.29, 0.717) is 12.0 Å². The third-order valence-corrected chi connectivity index (χ3v) is 6.68. The van der Waals surface area contributed by atoms with Crippen molar-refractivity contribution in [3.63, 3.8) is 0 Å². The van der Waals surface area contributed by atoms with Crippen molar-refractivity contribution in [1.29, 1.82) is 0 Å². The number of aromatic amines is 1. The number of hydrogen-bond donors (Lipinski definition) is 2. The van der Waals surface area contributed by atoms with Gasteiger partial charge < -0.3 is 14.0 Å². The fraction of sp³-hybridized carbons (Fsp3) is 0.435. The van der Waals surface area contributed by atoms with Crippen LogP contribution in [0.15, 0.2) is 58.3 Å². The monoisotopic (exact) mass is 507 g/mol. The Bertz CT molecular complexity index is 1210. The van der Waals surface area contributed by atoms with Gasteiger partial charge in [-0.2, -0.15) is 5.09 Å². The first-order valence-electron chi connectivity index (χ1n) is 11.1. The zero-order valence-corrected chi connectivity index (χ0v) is 20.9. The highest BCUT2D eigenvalue weighted by Crippen LogP contribution is 2.46. The van der Waals surface area contributed by atoms with E-state index >= 15 is 0 Å². The number of nitrogens with one attached hydrogen (secondary N) is 2. The Morgan fingerprint density at radius 3 is 2.60 bits per heavy atom. The van der Waals surface area contributed by atoms with E-state index < -0.39 is 43.3 Å². The Labute approximate surface area is 202 Å². The van der Waals surface area contributed by atoms with Crippen LogP contribution in [0.5, 0.6) is 5.75 Å². The number of H-pyrrole nitrogens is 1. The Balaban J connectivity index is 1.74. The maximum atomic E-state index is 13.7. The summed E-state index contributed by atoms with van der Waals surface area (Å²) in [4.78, 5) is 38.3. The average molecular weight is 507 g/mol. The molecule has 1 aromatic carbocycles. The summed E-state index contributed by atoms with van der Waals surface area (Å²) in [6.07, 6.45) is 3.56. The van der Waals surface area contributed by atoms with E-state index in [1.807, 2.05) is 13.8 Å². The number of carbonyl (C=O) groups is 1. The lowest BCUT2D eigenvalue weighted by Crippen LogP contribution is -2.38. The molecule has 1 aliphatic rings. The van der Waals surface area contributed by atoms with Crippen molar-refractivity contribution in [2.75, 3.05) is 13.7 Å². The van der Waals surface area contributed by atoms with E-state index in [1.54, 1.807) is 49.4 Å². The van der Waals surface area contributed by atoms with E-state index in [0.717, 1.165) is 0 Å². The van der Waals surface area contributed by atoms with E-state index in [4.69, 9.17) is 18.5 Å². The van der Waals surface area contributed by atoms with Crippen molar-refractivity contribution >= 4 is 13.7 Å². The smallest absolute Gasteiger partial charge is 0.459 e. The van der Waals surface area contributed by atoms with Crippen molar-refractivity contribution in [2.24, 2.45) is 5.92 Å². The van der Waals surface area contributed by atoms with Crippen LogP contribution in [0, 0.1) is 12.8 Å². The molecule has 0 saturated heterocycles. The molecule has 0 bridgehead atoms. The normalized spacial score (nSPS) is 19.9. The van der Waals surface area contributed by atoms with Crippen LogP contribution >= 0.6 is 7.75 Å². The molecule has 11 nitrogen and oxygen atoms in total. The van der Waals surface area contributed by atoms with Crippen LogP contribution in [0.1, 0.15) is 32.1 Å². The van der Waals surface area contributed by atoms with Gasteiger partial charge in [0.15, 0.2) is 6.23 Å². The second-order valence-electron chi connectivity index (χ2n) is 8.46. The van der Waals surface area contributed by atoms with Gasteiger partial charge in [-0.3, -0.25) is 23.7 Å². The number of nitrogens with zero attached hydrogens (tertiary/aromatic N) is 1. The zero-order valence-electron chi connectivity index (χ0n) is 20.0. The first-order valence-corrected chi connectivity index (χ1v) is 12.6. The molecule has 0 aliphatic carbocycles. The Hall–Kier alpha value is -2.98. The molecule has 0 fully saturated rings. The SMILES string of the molecule is COC(=O)[C@H](CC(C)C)NP(=O)(OC[C@@H]1C=C[C@H](n2cc(C)c(=O)[nH]c2=O)O1)Oc1ccccc1. The number of carbonyl (C=O) groups excluding carboxylic acids is 1.